The van der Waals surface area contributed by atoms with Crippen molar-refractivity contribution < 1.29 is 32.2 Å². The van der Waals surface area contributed by atoms with Crippen LogP contribution >= 0.6 is 0 Å². The minimum Gasteiger partial charge on any atom is -0.484 e. The van der Waals surface area contributed by atoms with Crippen LogP contribution in [-0.4, -0.2) is 23.9 Å². The highest BCUT2D eigenvalue weighted by Crippen LogP contribution is 2.33. The second-order valence-electron chi connectivity index (χ2n) is 6.23. The van der Waals surface area contributed by atoms with Crippen molar-refractivity contribution in [2.75, 3.05) is 6.61 Å². The predicted molar refractivity (Wildman–Crippen MR) is 93.3 cm³/mol. The molecule has 0 bridgehead atoms. The second kappa shape index (κ2) is 8.88. The number of unbranched alkanes of at least 4 members (excludes halogenated alkanes) is 1. The van der Waals surface area contributed by atoms with E-state index in [1.54, 1.807) is 6.07 Å². The Morgan fingerprint density at radius 3 is 2.33 bits per heavy atom. The number of carbonyl (C=O) groups is 1. The average Bonchev–Trinajstić information content (AvgIpc) is 2.60. The topological polar surface area (TPSA) is 46.5 Å². The van der Waals surface area contributed by atoms with Crippen molar-refractivity contribution in [3.05, 3.63) is 53.8 Å². The van der Waals surface area contributed by atoms with E-state index >= 15 is 0 Å². The summed E-state index contributed by atoms with van der Waals surface area (Å²) in [5, 5.41) is 9.53. The lowest BCUT2D eigenvalue weighted by atomic mass is 9.91. The van der Waals surface area contributed by atoms with Gasteiger partial charge in [0.05, 0.1) is 5.92 Å². The van der Waals surface area contributed by atoms with E-state index in [1.165, 1.54) is 36.4 Å². The van der Waals surface area contributed by atoms with Gasteiger partial charge < -0.3 is 9.84 Å². The van der Waals surface area contributed by atoms with Crippen LogP contribution in [0.2, 0.25) is 0 Å². The highest BCUT2D eigenvalue weighted by Gasteiger charge is 2.29. The zero-order valence-corrected chi connectivity index (χ0v) is 14.7. The van der Waals surface area contributed by atoms with E-state index in [2.05, 4.69) is 0 Å². The van der Waals surface area contributed by atoms with Crippen molar-refractivity contribution >= 4 is 5.97 Å². The van der Waals surface area contributed by atoms with E-state index in [9.17, 15) is 27.5 Å². The van der Waals surface area contributed by atoms with Crippen LogP contribution in [0.15, 0.2) is 42.5 Å². The molecule has 27 heavy (non-hydrogen) atoms. The minimum absolute atomic E-state index is 0.0769. The van der Waals surface area contributed by atoms with Gasteiger partial charge in [-0.1, -0.05) is 38.0 Å². The van der Waals surface area contributed by atoms with Crippen LogP contribution < -0.4 is 4.74 Å². The Balaban J connectivity index is 2.45. The second-order valence-corrected chi connectivity index (χ2v) is 6.23. The first-order valence-corrected chi connectivity index (χ1v) is 8.53. The van der Waals surface area contributed by atoms with E-state index in [1.807, 2.05) is 6.92 Å². The molecular formula is C20H20F4O3. The zero-order chi connectivity index (χ0) is 20.0. The molecule has 1 unspecified atom stereocenters. The lowest BCUT2D eigenvalue weighted by molar-refractivity contribution is -0.153. The highest BCUT2D eigenvalue weighted by molar-refractivity contribution is 5.78. The van der Waals surface area contributed by atoms with Gasteiger partial charge in [-0.2, -0.15) is 13.2 Å². The summed E-state index contributed by atoms with van der Waals surface area (Å²) in [6.45, 7) is 0.442. The number of hydrogen-bond acceptors (Lipinski definition) is 2. The molecule has 2 rings (SSSR count). The fourth-order valence-electron chi connectivity index (χ4n) is 2.72. The average molecular weight is 384 g/mol. The Labute approximate surface area is 154 Å². The van der Waals surface area contributed by atoms with Gasteiger partial charge in [-0.05, 0) is 47.4 Å². The molecule has 0 aliphatic rings. The molecule has 0 heterocycles. The van der Waals surface area contributed by atoms with Gasteiger partial charge in [0.1, 0.15) is 11.6 Å². The van der Waals surface area contributed by atoms with Crippen LogP contribution in [0.4, 0.5) is 17.6 Å². The van der Waals surface area contributed by atoms with Gasteiger partial charge in [-0.25, -0.2) is 4.39 Å². The molecule has 0 saturated heterocycles. The van der Waals surface area contributed by atoms with E-state index in [4.69, 9.17) is 4.74 Å². The summed E-state index contributed by atoms with van der Waals surface area (Å²) in [7, 11) is 0. The summed E-state index contributed by atoms with van der Waals surface area (Å²) in [6, 6.07) is 9.72. The third-order valence-corrected chi connectivity index (χ3v) is 4.06. The maximum Gasteiger partial charge on any atom is 0.422 e. The molecule has 1 N–H and O–H groups in total. The Morgan fingerprint density at radius 1 is 1.11 bits per heavy atom. The molecule has 0 spiro atoms. The summed E-state index contributed by atoms with van der Waals surface area (Å²) >= 11 is 0. The molecule has 2 aromatic rings. The molecule has 0 aromatic heterocycles. The number of alkyl halides is 3. The number of carboxylic acid groups (broad SMARTS) is 1. The number of rotatable bonds is 8. The molecule has 0 saturated carbocycles. The maximum absolute atomic E-state index is 13.2. The van der Waals surface area contributed by atoms with Gasteiger partial charge in [0, 0.05) is 0 Å². The van der Waals surface area contributed by atoms with Gasteiger partial charge >= 0.3 is 12.1 Å². The van der Waals surface area contributed by atoms with Crippen molar-refractivity contribution in [3.63, 3.8) is 0 Å². The third kappa shape index (κ3) is 6.27. The maximum atomic E-state index is 13.2. The Kier molecular flexibility index (Phi) is 6.82. The molecule has 7 heteroatoms. The van der Waals surface area contributed by atoms with Gasteiger partial charge in [0.2, 0.25) is 0 Å². The number of benzene rings is 2. The standard InChI is InChI=1S/C20H20F4O3/c1-2-3-4-18(19(25)26)15-9-14(13-5-7-16(21)8-6-13)10-17(11-15)27-12-20(22,23)24/h5-11,18H,2-4,12H2,1H3,(H,25,26). The van der Waals surface area contributed by atoms with Crippen molar-refractivity contribution in [3.8, 4) is 16.9 Å². The van der Waals surface area contributed by atoms with Crippen molar-refractivity contribution in [1.29, 1.82) is 0 Å². The van der Waals surface area contributed by atoms with Crippen molar-refractivity contribution in [1.82, 2.24) is 0 Å². The summed E-state index contributed by atoms with van der Waals surface area (Å²) in [6.07, 6.45) is -2.70. The molecule has 0 aliphatic heterocycles. The van der Waals surface area contributed by atoms with Crippen LogP contribution in [0, 0.1) is 5.82 Å². The van der Waals surface area contributed by atoms with Crippen molar-refractivity contribution in [2.45, 2.75) is 38.3 Å². The van der Waals surface area contributed by atoms with Crippen LogP contribution in [0.3, 0.4) is 0 Å². The van der Waals surface area contributed by atoms with E-state index < -0.39 is 30.5 Å². The normalized spacial score (nSPS) is 12.6. The Bertz CT molecular complexity index is 770. The number of ether oxygens (including phenoxy) is 1. The predicted octanol–water partition coefficient (Wildman–Crippen LogP) is 5.79. The minimum atomic E-state index is -4.51. The lowest BCUT2D eigenvalue weighted by Gasteiger charge is -2.17. The molecule has 3 nitrogen and oxygen atoms in total. The van der Waals surface area contributed by atoms with E-state index in [-0.39, 0.29) is 5.75 Å². The number of halogens is 4. The van der Waals surface area contributed by atoms with Crippen LogP contribution in [0.5, 0.6) is 5.75 Å². The van der Waals surface area contributed by atoms with E-state index in [0.29, 0.717) is 29.5 Å². The molecule has 146 valence electrons. The zero-order valence-electron chi connectivity index (χ0n) is 14.7. The molecule has 0 radical (unpaired) electrons. The lowest BCUT2D eigenvalue weighted by Crippen LogP contribution is -2.19. The fraction of sp³-hybridized carbons (Fsp3) is 0.350. The summed E-state index contributed by atoms with van der Waals surface area (Å²) in [4.78, 5) is 11.7. The van der Waals surface area contributed by atoms with Crippen LogP contribution in [0.25, 0.3) is 11.1 Å². The molecule has 0 aliphatic carbocycles. The smallest absolute Gasteiger partial charge is 0.422 e. The summed E-state index contributed by atoms with van der Waals surface area (Å²) < 4.78 is 55.5. The quantitative estimate of drug-likeness (QED) is 0.586. The number of hydrogen-bond donors (Lipinski definition) is 1. The molecule has 0 fully saturated rings. The monoisotopic (exact) mass is 384 g/mol. The van der Waals surface area contributed by atoms with Gasteiger partial charge in [-0.3, -0.25) is 4.79 Å². The third-order valence-electron chi connectivity index (χ3n) is 4.06. The van der Waals surface area contributed by atoms with Crippen molar-refractivity contribution in [2.24, 2.45) is 0 Å². The molecule has 1 atom stereocenters. The SMILES string of the molecule is CCCCC(C(=O)O)c1cc(OCC(F)(F)F)cc(-c2ccc(F)cc2)c1. The first-order chi connectivity index (χ1) is 12.7. The first-order valence-electron chi connectivity index (χ1n) is 8.53. The largest absolute Gasteiger partial charge is 0.484 e. The van der Waals surface area contributed by atoms with E-state index in [0.717, 1.165) is 6.42 Å². The molecule has 0 amide bonds. The van der Waals surface area contributed by atoms with Crippen LogP contribution in [-0.2, 0) is 4.79 Å². The number of aliphatic carboxylic acids is 1. The number of carboxylic acids is 1. The first kappa shape index (κ1) is 20.7. The van der Waals surface area contributed by atoms with Gasteiger partial charge in [-0.15, -0.1) is 0 Å². The highest BCUT2D eigenvalue weighted by atomic mass is 19.4. The Morgan fingerprint density at radius 2 is 1.78 bits per heavy atom. The molecule has 2 aromatic carbocycles. The van der Waals surface area contributed by atoms with Gasteiger partial charge in [0.25, 0.3) is 0 Å². The fourth-order valence-corrected chi connectivity index (χ4v) is 2.72. The molecular weight excluding hydrogens is 364 g/mol. The van der Waals surface area contributed by atoms with Crippen LogP contribution in [0.1, 0.15) is 37.7 Å². The Hall–Kier alpha value is -2.57. The van der Waals surface area contributed by atoms with Gasteiger partial charge in [0.15, 0.2) is 6.61 Å². The summed E-state index contributed by atoms with van der Waals surface area (Å²) in [5.41, 5.74) is 1.37. The summed E-state index contributed by atoms with van der Waals surface area (Å²) in [5.74, 6) is -2.44.